The highest BCUT2D eigenvalue weighted by molar-refractivity contribution is 7.89. The van der Waals surface area contributed by atoms with E-state index >= 15 is 0 Å². The minimum absolute atomic E-state index is 0.0302. The van der Waals surface area contributed by atoms with E-state index in [9.17, 15) is 13.2 Å². The maximum atomic E-state index is 12.6. The number of ether oxygens (including phenoxy) is 1. The summed E-state index contributed by atoms with van der Waals surface area (Å²) in [7, 11) is -3.25. The van der Waals surface area contributed by atoms with Crippen LogP contribution in [0.1, 0.15) is 32.6 Å². The van der Waals surface area contributed by atoms with Crippen LogP contribution in [0.4, 0.5) is 0 Å². The predicted molar refractivity (Wildman–Crippen MR) is 82.7 cm³/mol. The molecule has 0 bridgehead atoms. The summed E-state index contributed by atoms with van der Waals surface area (Å²) < 4.78 is 31.4. The molecule has 3 aliphatic rings. The number of sulfonamides is 1. The van der Waals surface area contributed by atoms with Crippen LogP contribution in [-0.4, -0.2) is 57.2 Å². The predicted octanol–water partition coefficient (Wildman–Crippen LogP) is 0.591. The van der Waals surface area contributed by atoms with Gasteiger partial charge < -0.3 is 10.1 Å². The minimum atomic E-state index is -3.25. The van der Waals surface area contributed by atoms with Gasteiger partial charge in [0.2, 0.25) is 15.9 Å². The van der Waals surface area contributed by atoms with E-state index in [1.807, 2.05) is 0 Å². The lowest BCUT2D eigenvalue weighted by molar-refractivity contribution is -0.129. The molecule has 1 amide bonds. The number of carbonyl (C=O) groups is 1. The first-order chi connectivity index (χ1) is 10.5. The molecule has 1 spiro atoms. The van der Waals surface area contributed by atoms with Crippen molar-refractivity contribution in [2.45, 2.75) is 32.6 Å². The zero-order valence-electron chi connectivity index (χ0n) is 13.2. The van der Waals surface area contributed by atoms with Gasteiger partial charge in [-0.15, -0.1) is 0 Å². The smallest absolute Gasteiger partial charge is 0.225 e. The van der Waals surface area contributed by atoms with E-state index in [1.54, 1.807) is 6.92 Å². The van der Waals surface area contributed by atoms with Gasteiger partial charge in [0.1, 0.15) is 0 Å². The molecule has 7 heteroatoms. The van der Waals surface area contributed by atoms with Gasteiger partial charge in [-0.3, -0.25) is 4.79 Å². The zero-order valence-corrected chi connectivity index (χ0v) is 14.0. The normalized spacial score (nSPS) is 28.9. The van der Waals surface area contributed by atoms with E-state index < -0.39 is 10.0 Å². The standard InChI is InChI=1S/C15H26N2O4S/c1-2-22(19,20)17-10-13(14(18)16-9-12-3-4-12)15(11-17)5-7-21-8-6-15/h12-13H,2-11H2,1H3,(H,16,18)/t13-/m0/s1. The summed E-state index contributed by atoms with van der Waals surface area (Å²) in [5, 5.41) is 3.05. The third-order valence-corrected chi connectivity index (χ3v) is 7.24. The highest BCUT2D eigenvalue weighted by Crippen LogP contribution is 2.45. The molecule has 0 aromatic carbocycles. The van der Waals surface area contributed by atoms with Crippen LogP contribution in [0, 0.1) is 17.3 Å². The summed E-state index contributed by atoms with van der Waals surface area (Å²) in [6.07, 6.45) is 3.93. The Hall–Kier alpha value is -0.660. The summed E-state index contributed by atoms with van der Waals surface area (Å²) >= 11 is 0. The molecule has 0 aromatic heterocycles. The second kappa shape index (κ2) is 6.09. The fourth-order valence-corrected chi connectivity index (χ4v) is 4.85. The molecule has 1 saturated carbocycles. The molecule has 22 heavy (non-hydrogen) atoms. The van der Waals surface area contributed by atoms with Crippen molar-refractivity contribution in [3.8, 4) is 0 Å². The van der Waals surface area contributed by atoms with Crippen molar-refractivity contribution >= 4 is 15.9 Å². The van der Waals surface area contributed by atoms with Crippen LogP contribution < -0.4 is 5.32 Å². The molecule has 0 unspecified atom stereocenters. The Bertz CT molecular complexity index is 524. The van der Waals surface area contributed by atoms with Gasteiger partial charge >= 0.3 is 0 Å². The van der Waals surface area contributed by atoms with Crippen LogP contribution in [0.2, 0.25) is 0 Å². The van der Waals surface area contributed by atoms with Crippen LogP contribution >= 0.6 is 0 Å². The van der Waals surface area contributed by atoms with E-state index in [-0.39, 0.29) is 23.0 Å². The van der Waals surface area contributed by atoms with Gasteiger partial charge in [0, 0.05) is 38.3 Å². The summed E-state index contributed by atoms with van der Waals surface area (Å²) in [5.74, 6) is 0.515. The van der Waals surface area contributed by atoms with Gasteiger partial charge in [-0.2, -0.15) is 0 Å². The number of nitrogens with zero attached hydrogens (tertiary/aromatic N) is 1. The number of rotatable bonds is 5. The van der Waals surface area contributed by atoms with Crippen LogP contribution in [0.25, 0.3) is 0 Å². The molecule has 2 heterocycles. The molecule has 0 aromatic rings. The number of hydrogen-bond donors (Lipinski definition) is 1. The third-order valence-electron chi connectivity index (χ3n) is 5.44. The Labute approximate surface area is 132 Å². The van der Waals surface area contributed by atoms with Crippen LogP contribution in [0.15, 0.2) is 0 Å². The molecular formula is C15H26N2O4S. The second-order valence-electron chi connectivity index (χ2n) is 6.91. The Balaban J connectivity index is 1.75. The SMILES string of the molecule is CCS(=O)(=O)N1C[C@@H](C(=O)NCC2CC2)C2(CCOCC2)C1. The quantitative estimate of drug-likeness (QED) is 0.800. The topological polar surface area (TPSA) is 75.7 Å². The van der Waals surface area contributed by atoms with Gasteiger partial charge in [-0.1, -0.05) is 0 Å². The zero-order chi connectivity index (χ0) is 15.8. The lowest BCUT2D eigenvalue weighted by Crippen LogP contribution is -2.44. The Morgan fingerprint density at radius 3 is 2.59 bits per heavy atom. The largest absolute Gasteiger partial charge is 0.381 e. The van der Waals surface area contributed by atoms with Gasteiger partial charge in [0.15, 0.2) is 0 Å². The molecule has 2 aliphatic heterocycles. The van der Waals surface area contributed by atoms with Crippen molar-refractivity contribution in [1.29, 1.82) is 0 Å². The van der Waals surface area contributed by atoms with Gasteiger partial charge in [0.25, 0.3) is 0 Å². The molecule has 3 rings (SSSR count). The van der Waals surface area contributed by atoms with Crippen LogP contribution in [-0.2, 0) is 19.6 Å². The van der Waals surface area contributed by atoms with Crippen molar-refractivity contribution < 1.29 is 17.9 Å². The van der Waals surface area contributed by atoms with Crippen molar-refractivity contribution in [2.75, 3.05) is 38.6 Å². The summed E-state index contributed by atoms with van der Waals surface area (Å²) in [5.41, 5.74) is -0.242. The lowest BCUT2D eigenvalue weighted by Gasteiger charge is -2.37. The van der Waals surface area contributed by atoms with Crippen molar-refractivity contribution in [1.82, 2.24) is 9.62 Å². The van der Waals surface area contributed by atoms with Crippen molar-refractivity contribution in [2.24, 2.45) is 17.3 Å². The Morgan fingerprint density at radius 1 is 1.32 bits per heavy atom. The van der Waals surface area contributed by atoms with Crippen LogP contribution in [0.5, 0.6) is 0 Å². The number of amides is 1. The first-order valence-electron chi connectivity index (χ1n) is 8.30. The molecule has 0 radical (unpaired) electrons. The number of nitrogens with one attached hydrogen (secondary N) is 1. The number of hydrogen-bond acceptors (Lipinski definition) is 4. The summed E-state index contributed by atoms with van der Waals surface area (Å²) in [6, 6.07) is 0. The van der Waals surface area contributed by atoms with Gasteiger partial charge in [-0.25, -0.2) is 12.7 Å². The first-order valence-corrected chi connectivity index (χ1v) is 9.91. The Kier molecular flexibility index (Phi) is 4.49. The monoisotopic (exact) mass is 330 g/mol. The fourth-order valence-electron chi connectivity index (χ4n) is 3.65. The van der Waals surface area contributed by atoms with E-state index in [1.165, 1.54) is 17.1 Å². The van der Waals surface area contributed by atoms with E-state index in [0.717, 1.165) is 19.4 Å². The lowest BCUT2D eigenvalue weighted by atomic mass is 9.72. The van der Waals surface area contributed by atoms with E-state index in [0.29, 0.717) is 32.2 Å². The number of carbonyl (C=O) groups excluding carboxylic acids is 1. The molecule has 6 nitrogen and oxygen atoms in total. The van der Waals surface area contributed by atoms with E-state index in [2.05, 4.69) is 5.32 Å². The summed E-state index contributed by atoms with van der Waals surface area (Å²) in [6.45, 7) is 4.43. The Morgan fingerprint density at radius 2 is 2.00 bits per heavy atom. The summed E-state index contributed by atoms with van der Waals surface area (Å²) in [4.78, 5) is 12.6. The molecule has 2 saturated heterocycles. The molecule has 1 atom stereocenters. The maximum absolute atomic E-state index is 12.6. The van der Waals surface area contributed by atoms with Gasteiger partial charge in [0.05, 0.1) is 11.7 Å². The fraction of sp³-hybridized carbons (Fsp3) is 0.933. The highest BCUT2D eigenvalue weighted by Gasteiger charge is 2.53. The van der Waals surface area contributed by atoms with Gasteiger partial charge in [-0.05, 0) is 38.5 Å². The van der Waals surface area contributed by atoms with Crippen molar-refractivity contribution in [3.63, 3.8) is 0 Å². The molecule has 1 N–H and O–H groups in total. The average molecular weight is 330 g/mol. The van der Waals surface area contributed by atoms with Crippen LogP contribution in [0.3, 0.4) is 0 Å². The highest BCUT2D eigenvalue weighted by atomic mass is 32.2. The molecular weight excluding hydrogens is 304 g/mol. The van der Waals surface area contributed by atoms with E-state index in [4.69, 9.17) is 4.74 Å². The maximum Gasteiger partial charge on any atom is 0.225 e. The average Bonchev–Trinajstić information content (AvgIpc) is 3.27. The molecule has 126 valence electrons. The third kappa shape index (κ3) is 3.16. The van der Waals surface area contributed by atoms with Crippen molar-refractivity contribution in [3.05, 3.63) is 0 Å². The molecule has 1 aliphatic carbocycles. The minimum Gasteiger partial charge on any atom is -0.381 e. The second-order valence-corrected chi connectivity index (χ2v) is 9.17. The molecule has 3 fully saturated rings. The first kappa shape index (κ1) is 16.2.